The molecule has 8 heteroatoms. The van der Waals surface area contributed by atoms with E-state index in [2.05, 4.69) is 4.90 Å². The molecule has 132 valence electrons. The van der Waals surface area contributed by atoms with Gasteiger partial charge in [0.2, 0.25) is 0 Å². The molecule has 0 spiro atoms. The van der Waals surface area contributed by atoms with Crippen LogP contribution in [-0.4, -0.2) is 47.8 Å². The topological polar surface area (TPSA) is 75.8 Å². The Morgan fingerprint density at radius 2 is 1.78 bits per heavy atom. The number of ether oxygens (including phenoxy) is 1. The maximum atomic E-state index is 10.6. The molecule has 1 atom stereocenters. The van der Waals surface area contributed by atoms with Crippen molar-refractivity contribution >= 4 is 5.69 Å². The van der Waals surface area contributed by atoms with E-state index in [4.69, 9.17) is 4.74 Å². The van der Waals surface area contributed by atoms with E-state index in [9.17, 15) is 15.2 Å². The van der Waals surface area contributed by atoms with E-state index in [1.807, 2.05) is 0 Å². The second kappa shape index (κ2) is 11.6. The molecule has 1 aromatic rings. The SMILES string of the molecule is O=[N+]([O-])c1ccc(C(O)CCCCN2CCOCC2)cc1.[Cl-].[Cl-]. The van der Waals surface area contributed by atoms with Gasteiger partial charge in [-0.05, 0) is 43.5 Å². The van der Waals surface area contributed by atoms with Crippen LogP contribution in [0.4, 0.5) is 5.69 Å². The summed E-state index contributed by atoms with van der Waals surface area (Å²) in [5, 5.41) is 20.7. The highest BCUT2D eigenvalue weighted by atomic mass is 35.5. The Bertz CT molecular complexity index is 453. The van der Waals surface area contributed by atoms with Crippen LogP contribution in [-0.2, 0) is 4.74 Å². The number of morpholine rings is 1. The Labute approximate surface area is 148 Å². The number of non-ortho nitro benzene ring substituents is 1. The Hall–Kier alpha value is -0.920. The minimum absolute atomic E-state index is 0. The number of halogens is 2. The van der Waals surface area contributed by atoms with Crippen LogP contribution in [0.5, 0.6) is 0 Å². The fourth-order valence-corrected chi connectivity index (χ4v) is 2.48. The first-order valence-corrected chi connectivity index (χ1v) is 7.39. The summed E-state index contributed by atoms with van der Waals surface area (Å²) in [7, 11) is 0. The van der Waals surface area contributed by atoms with Gasteiger partial charge >= 0.3 is 0 Å². The summed E-state index contributed by atoms with van der Waals surface area (Å²) in [6, 6.07) is 6.13. The lowest BCUT2D eigenvalue weighted by atomic mass is 10.0. The molecule has 0 aromatic heterocycles. The Balaban J connectivity index is 0.00000242. The lowest BCUT2D eigenvalue weighted by molar-refractivity contribution is -0.384. The summed E-state index contributed by atoms with van der Waals surface area (Å²) in [4.78, 5) is 12.5. The fourth-order valence-electron chi connectivity index (χ4n) is 2.48. The second-order valence-corrected chi connectivity index (χ2v) is 5.31. The maximum absolute atomic E-state index is 10.6. The second-order valence-electron chi connectivity index (χ2n) is 5.31. The molecule has 1 unspecified atom stereocenters. The maximum Gasteiger partial charge on any atom is 0.269 e. The van der Waals surface area contributed by atoms with Gasteiger partial charge in [0, 0.05) is 25.2 Å². The molecule has 1 saturated heterocycles. The number of rotatable bonds is 7. The Morgan fingerprint density at radius 1 is 1.17 bits per heavy atom. The molecule has 1 fully saturated rings. The molecule has 0 amide bonds. The number of hydrogen-bond donors (Lipinski definition) is 1. The molecule has 0 bridgehead atoms. The van der Waals surface area contributed by atoms with Gasteiger partial charge < -0.3 is 34.7 Å². The third kappa shape index (κ3) is 7.46. The zero-order valence-electron chi connectivity index (χ0n) is 12.9. The molecule has 0 aliphatic carbocycles. The summed E-state index contributed by atoms with van der Waals surface area (Å²) in [5.41, 5.74) is 0.797. The number of aliphatic hydroxyl groups excluding tert-OH is 1. The van der Waals surface area contributed by atoms with E-state index in [1.165, 1.54) is 12.1 Å². The fraction of sp³-hybridized carbons (Fsp3) is 0.600. The molecule has 2 rings (SSSR count). The van der Waals surface area contributed by atoms with Crippen molar-refractivity contribution in [3.05, 3.63) is 39.9 Å². The molecule has 1 aliphatic rings. The van der Waals surface area contributed by atoms with Crippen LogP contribution in [0.1, 0.15) is 30.9 Å². The van der Waals surface area contributed by atoms with E-state index < -0.39 is 11.0 Å². The Kier molecular flexibility index (Phi) is 11.1. The molecule has 1 N–H and O–H groups in total. The monoisotopic (exact) mass is 364 g/mol. The molecular weight excluding hydrogens is 343 g/mol. The third-order valence-electron chi connectivity index (χ3n) is 3.79. The summed E-state index contributed by atoms with van der Waals surface area (Å²) in [6.45, 7) is 4.64. The highest BCUT2D eigenvalue weighted by molar-refractivity contribution is 5.33. The number of aliphatic hydroxyl groups is 1. The van der Waals surface area contributed by atoms with E-state index in [1.54, 1.807) is 12.1 Å². The van der Waals surface area contributed by atoms with E-state index in [0.29, 0.717) is 6.42 Å². The van der Waals surface area contributed by atoms with Crippen molar-refractivity contribution in [1.29, 1.82) is 0 Å². The smallest absolute Gasteiger partial charge is 0.269 e. The van der Waals surface area contributed by atoms with Gasteiger partial charge in [0.1, 0.15) is 0 Å². The van der Waals surface area contributed by atoms with Crippen LogP contribution in [0, 0.1) is 10.1 Å². The predicted octanol–water partition coefficient (Wildman–Crippen LogP) is -3.86. The molecule has 1 aromatic carbocycles. The van der Waals surface area contributed by atoms with Crippen molar-refractivity contribution in [2.75, 3.05) is 32.8 Å². The average molecular weight is 365 g/mol. The van der Waals surface area contributed by atoms with Crippen molar-refractivity contribution in [1.82, 2.24) is 4.90 Å². The highest BCUT2D eigenvalue weighted by Crippen LogP contribution is 2.22. The van der Waals surface area contributed by atoms with E-state index >= 15 is 0 Å². The molecule has 0 radical (unpaired) electrons. The van der Waals surface area contributed by atoms with Crippen LogP contribution in [0.3, 0.4) is 0 Å². The van der Waals surface area contributed by atoms with Gasteiger partial charge in [-0.1, -0.05) is 0 Å². The summed E-state index contributed by atoms with van der Waals surface area (Å²) in [6.07, 6.45) is 2.12. The molecule has 0 saturated carbocycles. The first-order valence-electron chi connectivity index (χ1n) is 7.39. The zero-order chi connectivity index (χ0) is 15.1. The lowest BCUT2D eigenvalue weighted by Crippen LogP contribution is -3.00. The summed E-state index contributed by atoms with van der Waals surface area (Å²) >= 11 is 0. The van der Waals surface area contributed by atoms with Crippen LogP contribution in [0.15, 0.2) is 24.3 Å². The molecular formula is C15H22Cl2N2O4-2. The average Bonchev–Trinajstić information content (AvgIpc) is 2.52. The molecule has 6 nitrogen and oxygen atoms in total. The number of nitro groups is 1. The number of unbranched alkanes of at least 4 members (excludes halogenated alkanes) is 1. The van der Waals surface area contributed by atoms with Crippen LogP contribution in [0.25, 0.3) is 0 Å². The standard InChI is InChI=1S/C15H22N2O4.2ClH/c18-15(13-4-6-14(7-5-13)17(19)20)3-1-2-8-16-9-11-21-12-10-16;;/h4-7,15,18H,1-3,8-12H2;2*1H/p-2. The van der Waals surface area contributed by atoms with Crippen molar-refractivity contribution in [2.45, 2.75) is 25.4 Å². The lowest BCUT2D eigenvalue weighted by Gasteiger charge is -2.26. The van der Waals surface area contributed by atoms with Gasteiger partial charge in [0.05, 0.1) is 24.2 Å². The first-order chi connectivity index (χ1) is 10.2. The van der Waals surface area contributed by atoms with Gasteiger partial charge in [-0.15, -0.1) is 0 Å². The van der Waals surface area contributed by atoms with Gasteiger partial charge in [0.15, 0.2) is 0 Å². The van der Waals surface area contributed by atoms with E-state index in [-0.39, 0.29) is 30.5 Å². The number of nitrogens with zero attached hydrogens (tertiary/aromatic N) is 2. The third-order valence-corrected chi connectivity index (χ3v) is 3.79. The number of benzene rings is 1. The number of nitro benzene ring substituents is 1. The largest absolute Gasteiger partial charge is 1.00 e. The van der Waals surface area contributed by atoms with Crippen molar-refractivity contribution in [2.24, 2.45) is 0 Å². The van der Waals surface area contributed by atoms with Gasteiger partial charge in [-0.25, -0.2) is 0 Å². The van der Waals surface area contributed by atoms with E-state index in [0.717, 1.165) is 51.3 Å². The summed E-state index contributed by atoms with van der Waals surface area (Å²) in [5.74, 6) is 0. The quantitative estimate of drug-likeness (QED) is 0.304. The van der Waals surface area contributed by atoms with Crippen LogP contribution < -0.4 is 24.8 Å². The molecule has 1 heterocycles. The van der Waals surface area contributed by atoms with Crippen molar-refractivity contribution in [3.8, 4) is 0 Å². The van der Waals surface area contributed by atoms with Crippen molar-refractivity contribution in [3.63, 3.8) is 0 Å². The minimum atomic E-state index is -0.546. The van der Waals surface area contributed by atoms with Crippen molar-refractivity contribution < 1.29 is 39.6 Å². The van der Waals surface area contributed by atoms with Gasteiger partial charge in [0.25, 0.3) is 5.69 Å². The van der Waals surface area contributed by atoms with Gasteiger partial charge in [-0.3, -0.25) is 15.0 Å². The zero-order valence-corrected chi connectivity index (χ0v) is 14.4. The molecule has 23 heavy (non-hydrogen) atoms. The van der Waals surface area contributed by atoms with Crippen LogP contribution in [0.2, 0.25) is 0 Å². The highest BCUT2D eigenvalue weighted by Gasteiger charge is 2.12. The Morgan fingerprint density at radius 3 is 2.35 bits per heavy atom. The number of hydrogen-bond acceptors (Lipinski definition) is 5. The minimum Gasteiger partial charge on any atom is -1.00 e. The normalized spacial score (nSPS) is 16.0. The van der Waals surface area contributed by atoms with Gasteiger partial charge in [-0.2, -0.15) is 0 Å². The van der Waals surface area contributed by atoms with Crippen LogP contribution >= 0.6 is 0 Å². The predicted molar refractivity (Wildman–Crippen MR) is 79.2 cm³/mol. The first kappa shape index (κ1) is 22.1. The molecule has 1 aliphatic heterocycles. The summed E-state index contributed by atoms with van der Waals surface area (Å²) < 4.78 is 5.30.